The molecular weight excluding hydrogens is 424 g/mol. The molecule has 1 amide bonds. The summed E-state index contributed by atoms with van der Waals surface area (Å²) in [6.07, 6.45) is 2.52. The first-order valence-electron chi connectivity index (χ1n) is 7.39. The van der Waals surface area contributed by atoms with Crippen molar-refractivity contribution < 1.29 is 9.53 Å². The summed E-state index contributed by atoms with van der Waals surface area (Å²) in [5.74, 6) is 0.383. The number of rotatable bonds is 5. The summed E-state index contributed by atoms with van der Waals surface area (Å²) in [5.41, 5.74) is 1.63. The Bertz CT molecular complexity index is 896. The van der Waals surface area contributed by atoms with E-state index < -0.39 is 0 Å². The molecule has 0 atom stereocenters. The van der Waals surface area contributed by atoms with E-state index >= 15 is 0 Å². The molecule has 0 aliphatic carbocycles. The van der Waals surface area contributed by atoms with Crippen LogP contribution in [0.2, 0.25) is 5.02 Å². The van der Waals surface area contributed by atoms with Gasteiger partial charge in [-0.1, -0.05) is 23.7 Å². The highest BCUT2D eigenvalue weighted by molar-refractivity contribution is 9.10. The molecule has 1 heterocycles. The first-order chi connectivity index (χ1) is 12.0. The maximum Gasteiger partial charge on any atom is 0.258 e. The summed E-state index contributed by atoms with van der Waals surface area (Å²) in [7, 11) is 1.56. The van der Waals surface area contributed by atoms with Crippen LogP contribution in [0.5, 0.6) is 5.75 Å². The average molecular weight is 438 g/mol. The Morgan fingerprint density at radius 2 is 2.04 bits per heavy atom. The van der Waals surface area contributed by atoms with Gasteiger partial charge in [0, 0.05) is 27.0 Å². The van der Waals surface area contributed by atoms with Crippen LogP contribution >= 0.6 is 38.9 Å². The number of nitrogens with zero attached hydrogens (tertiary/aromatic N) is 1. The number of hydrogen-bond acceptors (Lipinski definition) is 4. The number of nitrogens with one attached hydrogen (secondary N) is 1. The SMILES string of the molecule is COc1ccc(Br)c(C(=O)Nc2ncc(Cc3ccc(Cl)cc3)s2)c1. The zero-order chi connectivity index (χ0) is 17.8. The summed E-state index contributed by atoms with van der Waals surface area (Å²) in [6, 6.07) is 12.9. The molecule has 0 saturated heterocycles. The molecule has 25 heavy (non-hydrogen) atoms. The Morgan fingerprint density at radius 3 is 2.76 bits per heavy atom. The van der Waals surface area contributed by atoms with Crippen molar-refractivity contribution in [3.8, 4) is 5.75 Å². The molecule has 0 aliphatic heterocycles. The van der Waals surface area contributed by atoms with Crippen molar-refractivity contribution in [3.63, 3.8) is 0 Å². The normalized spacial score (nSPS) is 10.5. The van der Waals surface area contributed by atoms with E-state index in [9.17, 15) is 4.79 Å². The maximum atomic E-state index is 12.5. The van der Waals surface area contributed by atoms with E-state index in [0.717, 1.165) is 16.9 Å². The van der Waals surface area contributed by atoms with Gasteiger partial charge in [0.1, 0.15) is 5.75 Å². The van der Waals surface area contributed by atoms with Crippen molar-refractivity contribution in [2.45, 2.75) is 6.42 Å². The smallest absolute Gasteiger partial charge is 0.258 e. The number of thiazole rings is 1. The van der Waals surface area contributed by atoms with Crippen molar-refractivity contribution in [2.75, 3.05) is 12.4 Å². The highest BCUT2D eigenvalue weighted by atomic mass is 79.9. The molecule has 3 rings (SSSR count). The van der Waals surface area contributed by atoms with Gasteiger partial charge in [0.25, 0.3) is 5.91 Å². The molecule has 0 radical (unpaired) electrons. The molecule has 128 valence electrons. The molecule has 0 aliphatic rings. The van der Waals surface area contributed by atoms with Crippen molar-refractivity contribution in [3.05, 3.63) is 74.2 Å². The van der Waals surface area contributed by atoms with Gasteiger partial charge in [-0.15, -0.1) is 11.3 Å². The van der Waals surface area contributed by atoms with E-state index in [1.54, 1.807) is 31.5 Å². The van der Waals surface area contributed by atoms with Crippen LogP contribution in [-0.2, 0) is 6.42 Å². The maximum absolute atomic E-state index is 12.5. The summed E-state index contributed by atoms with van der Waals surface area (Å²) < 4.78 is 5.86. The fourth-order valence-corrected chi connectivity index (χ4v) is 3.61. The zero-order valence-electron chi connectivity index (χ0n) is 13.3. The highest BCUT2D eigenvalue weighted by Gasteiger charge is 2.13. The molecule has 1 N–H and O–H groups in total. The highest BCUT2D eigenvalue weighted by Crippen LogP contribution is 2.26. The number of halogens is 2. The van der Waals surface area contributed by atoms with Crippen molar-refractivity contribution in [1.29, 1.82) is 0 Å². The predicted molar refractivity (Wildman–Crippen MR) is 105 cm³/mol. The Balaban J connectivity index is 1.70. The van der Waals surface area contributed by atoms with E-state index in [-0.39, 0.29) is 5.91 Å². The Labute approximate surface area is 162 Å². The molecule has 0 bridgehead atoms. The lowest BCUT2D eigenvalue weighted by atomic mass is 10.1. The molecule has 0 saturated carbocycles. The van der Waals surface area contributed by atoms with Gasteiger partial charge in [0.05, 0.1) is 12.7 Å². The number of amides is 1. The molecule has 2 aromatic carbocycles. The van der Waals surface area contributed by atoms with Gasteiger partial charge in [0.15, 0.2) is 5.13 Å². The zero-order valence-corrected chi connectivity index (χ0v) is 16.4. The number of ether oxygens (including phenoxy) is 1. The molecule has 0 unspecified atom stereocenters. The number of carbonyl (C=O) groups excluding carboxylic acids is 1. The van der Waals surface area contributed by atoms with Crippen LogP contribution in [0.25, 0.3) is 0 Å². The first-order valence-corrected chi connectivity index (χ1v) is 9.38. The first kappa shape index (κ1) is 17.9. The van der Waals surface area contributed by atoms with Gasteiger partial charge < -0.3 is 4.74 Å². The monoisotopic (exact) mass is 436 g/mol. The second-order valence-corrected chi connectivity index (χ2v) is 7.64. The van der Waals surface area contributed by atoms with Crippen molar-refractivity contribution in [1.82, 2.24) is 4.98 Å². The number of benzene rings is 2. The van der Waals surface area contributed by atoms with Crippen LogP contribution in [0.15, 0.2) is 53.1 Å². The van der Waals surface area contributed by atoms with Crippen LogP contribution < -0.4 is 10.1 Å². The minimum absolute atomic E-state index is 0.238. The van der Waals surface area contributed by atoms with Crippen LogP contribution in [-0.4, -0.2) is 18.0 Å². The summed E-state index contributed by atoms with van der Waals surface area (Å²) >= 11 is 10.7. The topological polar surface area (TPSA) is 51.2 Å². The fourth-order valence-electron chi connectivity index (χ4n) is 2.22. The van der Waals surface area contributed by atoms with Gasteiger partial charge in [-0.2, -0.15) is 0 Å². The molecule has 3 aromatic rings. The third-order valence-corrected chi connectivity index (χ3v) is 5.34. The Morgan fingerprint density at radius 1 is 1.28 bits per heavy atom. The van der Waals surface area contributed by atoms with E-state index in [2.05, 4.69) is 26.2 Å². The van der Waals surface area contributed by atoms with Crippen LogP contribution in [0.4, 0.5) is 5.13 Å². The molecule has 7 heteroatoms. The van der Waals surface area contributed by atoms with Crippen LogP contribution in [0.1, 0.15) is 20.8 Å². The quantitative estimate of drug-likeness (QED) is 0.580. The summed E-state index contributed by atoms with van der Waals surface area (Å²) in [5, 5.41) is 4.10. The summed E-state index contributed by atoms with van der Waals surface area (Å²) in [4.78, 5) is 17.8. The number of anilines is 1. The third kappa shape index (κ3) is 4.60. The average Bonchev–Trinajstić information content (AvgIpc) is 3.04. The third-order valence-electron chi connectivity index (χ3n) is 3.48. The molecule has 1 aromatic heterocycles. The number of methoxy groups -OCH3 is 1. The predicted octanol–water partition coefficient (Wildman–Crippen LogP) is 5.41. The van der Waals surface area contributed by atoms with E-state index in [4.69, 9.17) is 16.3 Å². The molecule has 4 nitrogen and oxygen atoms in total. The van der Waals surface area contributed by atoms with E-state index in [1.807, 2.05) is 24.3 Å². The van der Waals surface area contributed by atoms with Gasteiger partial charge in [-0.25, -0.2) is 4.98 Å². The minimum Gasteiger partial charge on any atom is -0.497 e. The van der Waals surface area contributed by atoms with Gasteiger partial charge in [-0.05, 0) is 51.8 Å². The number of carbonyl (C=O) groups is 1. The lowest BCUT2D eigenvalue weighted by Crippen LogP contribution is -2.12. The minimum atomic E-state index is -0.238. The lowest BCUT2D eigenvalue weighted by molar-refractivity contribution is 0.102. The Kier molecular flexibility index (Phi) is 5.73. The van der Waals surface area contributed by atoms with Gasteiger partial charge in [0.2, 0.25) is 0 Å². The van der Waals surface area contributed by atoms with E-state index in [0.29, 0.717) is 25.9 Å². The lowest BCUT2D eigenvalue weighted by Gasteiger charge is -2.06. The van der Waals surface area contributed by atoms with Crippen molar-refractivity contribution in [2.24, 2.45) is 0 Å². The number of aromatic nitrogens is 1. The van der Waals surface area contributed by atoms with Crippen LogP contribution in [0, 0.1) is 0 Å². The van der Waals surface area contributed by atoms with Gasteiger partial charge in [-0.3, -0.25) is 10.1 Å². The van der Waals surface area contributed by atoms with Crippen LogP contribution in [0.3, 0.4) is 0 Å². The standard InChI is InChI=1S/C18H14BrClN2O2S/c1-24-13-6-7-16(19)15(9-13)17(23)22-18-21-10-14(25-18)8-11-2-4-12(20)5-3-11/h2-7,9-10H,8H2,1H3,(H,21,22,23). The second kappa shape index (κ2) is 7.99. The van der Waals surface area contributed by atoms with E-state index in [1.165, 1.54) is 11.3 Å². The summed E-state index contributed by atoms with van der Waals surface area (Å²) in [6.45, 7) is 0. The molecule has 0 fully saturated rings. The number of hydrogen-bond donors (Lipinski definition) is 1. The fraction of sp³-hybridized carbons (Fsp3) is 0.111. The molecule has 0 spiro atoms. The van der Waals surface area contributed by atoms with Gasteiger partial charge >= 0.3 is 0 Å². The second-order valence-electron chi connectivity index (χ2n) is 5.23. The van der Waals surface area contributed by atoms with Crippen molar-refractivity contribution >= 4 is 49.9 Å². The largest absolute Gasteiger partial charge is 0.497 e. The molecular formula is C18H14BrClN2O2S. The Hall–Kier alpha value is -1.89.